The van der Waals surface area contributed by atoms with Crippen LogP contribution in [-0.4, -0.2) is 48.7 Å². The molecule has 1 amide bonds. The maximum absolute atomic E-state index is 12.9. The van der Waals surface area contributed by atoms with Gasteiger partial charge in [-0.25, -0.2) is 32.6 Å². The average molecular weight is 568 g/mol. The monoisotopic (exact) mass is 567 g/mol. The number of hydrogen-bond acceptors (Lipinski definition) is 8. The minimum Gasteiger partial charge on any atom is -0.321 e. The van der Waals surface area contributed by atoms with Crippen LogP contribution in [0.15, 0.2) is 76.6 Å². The second kappa shape index (κ2) is 9.47. The topological polar surface area (TPSA) is 149 Å². The molecule has 2 N–H and O–H groups in total. The van der Waals surface area contributed by atoms with E-state index in [1.165, 1.54) is 36.7 Å². The number of anilines is 2. The molecule has 182 valence electrons. The molecular formula is C22H18BrN9O3S. The zero-order valence-electron chi connectivity index (χ0n) is 18.7. The van der Waals surface area contributed by atoms with Gasteiger partial charge in [0.25, 0.3) is 15.9 Å². The van der Waals surface area contributed by atoms with Gasteiger partial charge in [0.1, 0.15) is 5.69 Å². The molecule has 12 nitrogen and oxygen atoms in total. The van der Waals surface area contributed by atoms with Gasteiger partial charge in [0.2, 0.25) is 5.95 Å². The van der Waals surface area contributed by atoms with E-state index in [1.54, 1.807) is 33.6 Å². The second-order valence-electron chi connectivity index (χ2n) is 7.47. The number of carbonyl (C=O) groups is 1. The number of benzene rings is 1. The van der Waals surface area contributed by atoms with Crippen LogP contribution < -0.4 is 10.0 Å². The van der Waals surface area contributed by atoms with E-state index in [1.807, 2.05) is 13.1 Å². The summed E-state index contributed by atoms with van der Waals surface area (Å²) in [6.07, 6.45) is 6.35. The summed E-state index contributed by atoms with van der Waals surface area (Å²) in [4.78, 5) is 24.9. The fourth-order valence-corrected chi connectivity index (χ4v) is 4.84. The van der Waals surface area contributed by atoms with E-state index in [4.69, 9.17) is 0 Å². The number of sulfonamides is 1. The first-order valence-electron chi connectivity index (χ1n) is 10.6. The van der Waals surface area contributed by atoms with Gasteiger partial charge >= 0.3 is 0 Å². The lowest BCUT2D eigenvalue weighted by molar-refractivity contribution is 0.102. The van der Waals surface area contributed by atoms with Crippen LogP contribution in [0.25, 0.3) is 17.0 Å². The third kappa shape index (κ3) is 4.67. The summed E-state index contributed by atoms with van der Waals surface area (Å²) in [5.41, 5.74) is 2.35. The molecular weight excluding hydrogens is 550 g/mol. The van der Waals surface area contributed by atoms with Gasteiger partial charge in [-0.2, -0.15) is 10.2 Å². The van der Waals surface area contributed by atoms with E-state index in [0.29, 0.717) is 29.3 Å². The smallest absolute Gasteiger partial charge is 0.276 e. The number of aryl methyl sites for hydroxylation is 1. The molecule has 0 unspecified atom stereocenters. The number of nitrogens with zero attached hydrogens (tertiary/aromatic N) is 7. The molecule has 0 aliphatic heterocycles. The zero-order chi connectivity index (χ0) is 25.3. The molecule has 1 aromatic carbocycles. The first-order chi connectivity index (χ1) is 17.3. The Balaban J connectivity index is 1.36. The van der Waals surface area contributed by atoms with E-state index in [2.05, 4.69) is 51.1 Å². The van der Waals surface area contributed by atoms with Gasteiger partial charge in [0.05, 0.1) is 15.1 Å². The molecule has 5 rings (SSSR count). The van der Waals surface area contributed by atoms with Crippen molar-refractivity contribution in [3.05, 3.63) is 77.4 Å². The van der Waals surface area contributed by atoms with Crippen molar-refractivity contribution in [1.82, 2.24) is 34.3 Å². The summed E-state index contributed by atoms with van der Waals surface area (Å²) in [6, 6.07) is 10.6. The number of hydrogen-bond donors (Lipinski definition) is 2. The number of carbonyl (C=O) groups excluding carboxylic acids is 1. The lowest BCUT2D eigenvalue weighted by Gasteiger charge is -2.08. The highest BCUT2D eigenvalue weighted by Gasteiger charge is 2.19. The summed E-state index contributed by atoms with van der Waals surface area (Å²) >= 11 is 3.52. The predicted molar refractivity (Wildman–Crippen MR) is 135 cm³/mol. The molecule has 14 heteroatoms. The van der Waals surface area contributed by atoms with E-state index < -0.39 is 15.9 Å². The van der Waals surface area contributed by atoms with E-state index in [0.717, 1.165) is 4.47 Å². The lowest BCUT2D eigenvalue weighted by atomic mass is 10.3. The van der Waals surface area contributed by atoms with Gasteiger partial charge in [-0.15, -0.1) is 0 Å². The maximum Gasteiger partial charge on any atom is 0.276 e. The summed E-state index contributed by atoms with van der Waals surface area (Å²) < 4.78 is 31.5. The van der Waals surface area contributed by atoms with Crippen molar-refractivity contribution in [2.75, 3.05) is 10.0 Å². The van der Waals surface area contributed by atoms with Crippen molar-refractivity contribution in [2.24, 2.45) is 0 Å². The quantitative estimate of drug-likeness (QED) is 0.304. The van der Waals surface area contributed by atoms with Crippen molar-refractivity contribution < 1.29 is 13.2 Å². The highest BCUT2D eigenvalue weighted by molar-refractivity contribution is 9.10. The molecule has 0 spiro atoms. The predicted octanol–water partition coefficient (Wildman–Crippen LogP) is 3.22. The van der Waals surface area contributed by atoms with Crippen molar-refractivity contribution in [3.63, 3.8) is 0 Å². The third-order valence-corrected chi connectivity index (χ3v) is 7.01. The summed E-state index contributed by atoms with van der Waals surface area (Å²) in [6.45, 7) is 2.69. The fourth-order valence-electron chi connectivity index (χ4n) is 3.36. The Bertz CT molecular complexity index is 1670. The molecule has 0 bridgehead atoms. The van der Waals surface area contributed by atoms with Gasteiger partial charge in [0.15, 0.2) is 11.3 Å². The largest absolute Gasteiger partial charge is 0.321 e. The highest BCUT2D eigenvalue weighted by atomic mass is 79.9. The minimum absolute atomic E-state index is 0.00776. The number of rotatable bonds is 7. The van der Waals surface area contributed by atoms with Crippen LogP contribution >= 0.6 is 15.9 Å². The van der Waals surface area contributed by atoms with Crippen LogP contribution in [0.5, 0.6) is 0 Å². The van der Waals surface area contributed by atoms with E-state index in [-0.39, 0.29) is 16.5 Å². The van der Waals surface area contributed by atoms with Crippen LogP contribution in [0, 0.1) is 0 Å². The van der Waals surface area contributed by atoms with Crippen molar-refractivity contribution >= 4 is 49.1 Å². The Kier molecular flexibility index (Phi) is 6.20. The van der Waals surface area contributed by atoms with Crippen LogP contribution in [-0.2, 0) is 16.6 Å². The van der Waals surface area contributed by atoms with Crippen LogP contribution in [0.2, 0.25) is 0 Å². The molecule has 0 radical (unpaired) electrons. The summed E-state index contributed by atoms with van der Waals surface area (Å²) in [5, 5.41) is 11.7. The van der Waals surface area contributed by atoms with Crippen molar-refractivity contribution in [1.29, 1.82) is 0 Å². The van der Waals surface area contributed by atoms with Crippen LogP contribution in [0.3, 0.4) is 0 Å². The highest BCUT2D eigenvalue weighted by Crippen LogP contribution is 2.27. The molecule has 4 heterocycles. The first-order valence-corrected chi connectivity index (χ1v) is 12.9. The standard InChI is InChI=1S/C22H18BrN9O3S/c1-2-31-13-16(23)20(29-31)18-8-11-24-19-12-17(28-32(18)19)21(33)27-14-4-6-15(7-5-14)36(34,35)30-22-25-9-3-10-26-22/h3-13H,2H2,1H3,(H,27,33)(H,25,26,30). The van der Waals surface area contributed by atoms with Gasteiger partial charge in [-0.3, -0.25) is 9.48 Å². The zero-order valence-corrected chi connectivity index (χ0v) is 21.1. The SMILES string of the molecule is CCn1cc(Br)c(-c2ccnc3cc(C(=O)Nc4ccc(S(=O)(=O)Nc5ncccn5)cc4)nn23)n1. The Morgan fingerprint density at radius 1 is 1.03 bits per heavy atom. The lowest BCUT2D eigenvalue weighted by Crippen LogP contribution is -2.15. The average Bonchev–Trinajstić information content (AvgIpc) is 3.48. The maximum atomic E-state index is 12.9. The van der Waals surface area contributed by atoms with Crippen LogP contribution in [0.4, 0.5) is 11.6 Å². The number of amides is 1. The van der Waals surface area contributed by atoms with Gasteiger partial charge < -0.3 is 5.32 Å². The number of aromatic nitrogens is 7. The molecule has 0 saturated carbocycles. The Labute approximate surface area is 213 Å². The number of nitrogens with one attached hydrogen (secondary N) is 2. The van der Waals surface area contributed by atoms with E-state index in [9.17, 15) is 13.2 Å². The van der Waals surface area contributed by atoms with Crippen molar-refractivity contribution in [2.45, 2.75) is 18.4 Å². The third-order valence-electron chi connectivity index (χ3n) is 5.09. The normalized spacial score (nSPS) is 11.5. The molecule has 0 aliphatic carbocycles. The molecule has 36 heavy (non-hydrogen) atoms. The van der Waals surface area contributed by atoms with Gasteiger partial charge in [0, 0.05) is 43.1 Å². The van der Waals surface area contributed by atoms with E-state index >= 15 is 0 Å². The molecule has 0 saturated heterocycles. The second-order valence-corrected chi connectivity index (χ2v) is 10.0. The first kappa shape index (κ1) is 23.6. The molecule has 0 aliphatic rings. The van der Waals surface area contributed by atoms with Gasteiger partial charge in [-0.1, -0.05) is 0 Å². The van der Waals surface area contributed by atoms with Gasteiger partial charge in [-0.05, 0) is 59.3 Å². The minimum atomic E-state index is -3.89. The fraction of sp³-hybridized carbons (Fsp3) is 0.0909. The van der Waals surface area contributed by atoms with Crippen molar-refractivity contribution in [3.8, 4) is 11.4 Å². The summed E-state index contributed by atoms with van der Waals surface area (Å²) in [7, 11) is -3.89. The molecule has 0 atom stereocenters. The molecule has 4 aromatic heterocycles. The molecule has 5 aromatic rings. The molecule has 0 fully saturated rings. The summed E-state index contributed by atoms with van der Waals surface area (Å²) in [5.74, 6) is -0.515. The number of halogens is 1. The Morgan fingerprint density at radius 3 is 2.47 bits per heavy atom. The van der Waals surface area contributed by atoms with Crippen LogP contribution in [0.1, 0.15) is 17.4 Å². The Hall–Kier alpha value is -4.17. The number of fused-ring (bicyclic) bond motifs is 1. The Morgan fingerprint density at radius 2 is 1.78 bits per heavy atom.